The Morgan fingerprint density at radius 1 is 1.50 bits per heavy atom. The molecule has 1 saturated heterocycles. The Bertz CT molecular complexity index is 572. The van der Waals surface area contributed by atoms with Gasteiger partial charge in [-0.2, -0.15) is 21.8 Å². The van der Waals surface area contributed by atoms with Gasteiger partial charge in [0.15, 0.2) is 5.82 Å². The Labute approximate surface area is 134 Å². The highest BCUT2D eigenvalue weighted by molar-refractivity contribution is 7.99. The molecule has 0 bridgehead atoms. The molecule has 2 aromatic rings. The van der Waals surface area contributed by atoms with Gasteiger partial charge in [-0.1, -0.05) is 18.5 Å². The van der Waals surface area contributed by atoms with E-state index in [0.717, 1.165) is 13.1 Å². The highest BCUT2D eigenvalue weighted by Crippen LogP contribution is 2.28. The van der Waals surface area contributed by atoms with Crippen LogP contribution in [0.1, 0.15) is 45.0 Å². The van der Waals surface area contributed by atoms with E-state index in [4.69, 9.17) is 4.52 Å². The van der Waals surface area contributed by atoms with Crippen molar-refractivity contribution < 1.29 is 4.52 Å². The molecule has 22 heavy (non-hydrogen) atoms. The maximum Gasteiger partial charge on any atom is 0.244 e. The van der Waals surface area contributed by atoms with E-state index in [1.165, 1.54) is 31.3 Å². The first-order chi connectivity index (χ1) is 10.8. The molecular formula is C14H22N6OS. The van der Waals surface area contributed by atoms with Gasteiger partial charge >= 0.3 is 0 Å². The van der Waals surface area contributed by atoms with Gasteiger partial charge in [-0.15, -0.1) is 0 Å². The summed E-state index contributed by atoms with van der Waals surface area (Å²) in [6.07, 6.45) is 5.27. The van der Waals surface area contributed by atoms with E-state index in [1.54, 1.807) is 0 Å². The van der Waals surface area contributed by atoms with Gasteiger partial charge < -0.3 is 4.52 Å². The van der Waals surface area contributed by atoms with Crippen molar-refractivity contribution in [3.8, 4) is 11.6 Å². The van der Waals surface area contributed by atoms with Gasteiger partial charge in [0.2, 0.25) is 11.7 Å². The summed E-state index contributed by atoms with van der Waals surface area (Å²) in [7, 11) is 0. The molecule has 0 spiro atoms. The summed E-state index contributed by atoms with van der Waals surface area (Å²) >= 11 is 2.05. The van der Waals surface area contributed by atoms with Crippen LogP contribution < -0.4 is 0 Å². The van der Waals surface area contributed by atoms with Gasteiger partial charge in [0.1, 0.15) is 6.33 Å². The number of H-pyrrole nitrogens is 1. The van der Waals surface area contributed by atoms with E-state index in [2.05, 4.69) is 55.8 Å². The molecule has 3 rings (SSSR count). The number of aromatic amines is 1. The van der Waals surface area contributed by atoms with Crippen LogP contribution in [0.25, 0.3) is 11.6 Å². The van der Waals surface area contributed by atoms with Crippen molar-refractivity contribution in [3.63, 3.8) is 0 Å². The molecule has 0 unspecified atom stereocenters. The number of hydrogen-bond donors (Lipinski definition) is 1. The van der Waals surface area contributed by atoms with Crippen molar-refractivity contribution in [1.29, 1.82) is 0 Å². The summed E-state index contributed by atoms with van der Waals surface area (Å²) in [5.41, 5.74) is 0. The number of hydrogen-bond acceptors (Lipinski definition) is 7. The number of nitrogens with one attached hydrogen (secondary N) is 1. The molecule has 120 valence electrons. The first-order valence-electron chi connectivity index (χ1n) is 7.83. The Hall–Kier alpha value is -1.41. The van der Waals surface area contributed by atoms with Crippen LogP contribution in [0.2, 0.25) is 0 Å². The summed E-state index contributed by atoms with van der Waals surface area (Å²) in [5.74, 6) is 2.82. The molecule has 3 heterocycles. The zero-order valence-electron chi connectivity index (χ0n) is 13.0. The number of aromatic nitrogens is 5. The minimum atomic E-state index is 0.127. The number of likely N-dealkylation sites (tertiary alicyclic amines) is 1. The highest BCUT2D eigenvalue weighted by atomic mass is 32.2. The normalized spacial score (nSPS) is 21.6. The maximum absolute atomic E-state index is 5.44. The van der Waals surface area contributed by atoms with Gasteiger partial charge in [-0.3, -0.25) is 10.00 Å². The first-order valence-corrected chi connectivity index (χ1v) is 8.87. The van der Waals surface area contributed by atoms with Crippen molar-refractivity contribution in [2.75, 3.05) is 18.8 Å². The summed E-state index contributed by atoms with van der Waals surface area (Å²) in [4.78, 5) is 11.0. The van der Waals surface area contributed by atoms with Crippen LogP contribution >= 0.6 is 11.8 Å². The van der Waals surface area contributed by atoms with E-state index in [-0.39, 0.29) is 6.04 Å². The Balaban J connectivity index is 1.70. The lowest BCUT2D eigenvalue weighted by Crippen LogP contribution is -2.32. The standard InChI is InChI=1S/C14H22N6OS/c1-3-22-11-6-4-5-7-20(8-11)10(2)14-17-13(19-21-14)12-15-9-16-18-12/h9-11H,3-8H2,1-2H3,(H,15,16,18)/t10-,11-/m0/s1. The Morgan fingerprint density at radius 3 is 3.18 bits per heavy atom. The van der Waals surface area contributed by atoms with Crippen molar-refractivity contribution in [1.82, 2.24) is 30.2 Å². The van der Waals surface area contributed by atoms with Crippen LogP contribution in [0.15, 0.2) is 10.9 Å². The van der Waals surface area contributed by atoms with E-state index < -0.39 is 0 Å². The maximum atomic E-state index is 5.44. The molecule has 0 aromatic carbocycles. The molecular weight excluding hydrogens is 300 g/mol. The largest absolute Gasteiger partial charge is 0.337 e. The fourth-order valence-electron chi connectivity index (χ4n) is 2.83. The lowest BCUT2D eigenvalue weighted by Gasteiger charge is -2.27. The molecule has 0 aliphatic carbocycles. The summed E-state index contributed by atoms with van der Waals surface area (Å²) in [6.45, 7) is 6.53. The van der Waals surface area contributed by atoms with Crippen molar-refractivity contribution in [2.45, 2.75) is 44.4 Å². The lowest BCUT2D eigenvalue weighted by atomic mass is 10.2. The van der Waals surface area contributed by atoms with E-state index >= 15 is 0 Å². The molecule has 0 radical (unpaired) electrons. The summed E-state index contributed by atoms with van der Waals surface area (Å²) in [6, 6.07) is 0.127. The fourth-order valence-corrected chi connectivity index (χ4v) is 3.93. The molecule has 2 atom stereocenters. The zero-order valence-corrected chi connectivity index (χ0v) is 13.8. The van der Waals surface area contributed by atoms with E-state index in [1.807, 2.05) is 0 Å². The SMILES string of the molecule is CCS[C@H]1CCCCN([C@@H](C)c2nc(-c3ncn[nH]3)no2)C1. The Morgan fingerprint density at radius 2 is 2.41 bits per heavy atom. The number of thioether (sulfide) groups is 1. The number of nitrogens with zero attached hydrogens (tertiary/aromatic N) is 5. The molecule has 1 aliphatic rings. The molecule has 1 aliphatic heterocycles. The van der Waals surface area contributed by atoms with Gasteiger partial charge in [-0.25, -0.2) is 4.98 Å². The molecule has 7 nitrogen and oxygen atoms in total. The molecule has 0 saturated carbocycles. The monoisotopic (exact) mass is 322 g/mol. The quantitative estimate of drug-likeness (QED) is 0.905. The van der Waals surface area contributed by atoms with Crippen molar-refractivity contribution in [2.24, 2.45) is 0 Å². The average Bonchev–Trinajstić information content (AvgIpc) is 3.15. The number of rotatable bonds is 5. The van der Waals surface area contributed by atoms with Gasteiger partial charge in [0.25, 0.3) is 0 Å². The second kappa shape index (κ2) is 7.23. The fraction of sp³-hybridized carbons (Fsp3) is 0.714. The average molecular weight is 322 g/mol. The minimum absolute atomic E-state index is 0.127. The smallest absolute Gasteiger partial charge is 0.244 e. The third-order valence-corrected chi connectivity index (χ3v) is 5.23. The van der Waals surface area contributed by atoms with Gasteiger partial charge in [-0.05, 0) is 32.1 Å². The predicted octanol–water partition coefficient (Wildman–Crippen LogP) is 2.52. The van der Waals surface area contributed by atoms with Crippen LogP contribution in [0.5, 0.6) is 0 Å². The van der Waals surface area contributed by atoms with Crippen LogP contribution in [-0.2, 0) is 0 Å². The van der Waals surface area contributed by atoms with Gasteiger partial charge in [0, 0.05) is 11.8 Å². The third kappa shape index (κ3) is 3.49. The molecule has 2 aromatic heterocycles. The predicted molar refractivity (Wildman–Crippen MR) is 85.4 cm³/mol. The minimum Gasteiger partial charge on any atom is -0.337 e. The highest BCUT2D eigenvalue weighted by Gasteiger charge is 2.26. The molecule has 8 heteroatoms. The topological polar surface area (TPSA) is 83.7 Å². The molecule has 1 fully saturated rings. The molecule has 0 amide bonds. The first kappa shape index (κ1) is 15.5. The van der Waals surface area contributed by atoms with E-state index in [0.29, 0.717) is 22.8 Å². The zero-order chi connectivity index (χ0) is 15.4. The third-order valence-electron chi connectivity index (χ3n) is 4.04. The van der Waals surface area contributed by atoms with E-state index in [9.17, 15) is 0 Å². The van der Waals surface area contributed by atoms with Crippen molar-refractivity contribution >= 4 is 11.8 Å². The molecule has 1 N–H and O–H groups in total. The summed E-state index contributed by atoms with van der Waals surface area (Å²) in [5, 5.41) is 11.3. The second-order valence-electron chi connectivity index (χ2n) is 5.53. The van der Waals surface area contributed by atoms with Crippen LogP contribution in [-0.4, -0.2) is 54.3 Å². The Kier molecular flexibility index (Phi) is 5.09. The summed E-state index contributed by atoms with van der Waals surface area (Å²) < 4.78 is 5.44. The van der Waals surface area contributed by atoms with Crippen LogP contribution in [0.4, 0.5) is 0 Å². The van der Waals surface area contributed by atoms with Crippen molar-refractivity contribution in [3.05, 3.63) is 12.2 Å². The second-order valence-corrected chi connectivity index (χ2v) is 7.11. The van der Waals surface area contributed by atoms with Crippen LogP contribution in [0, 0.1) is 0 Å². The lowest BCUT2D eigenvalue weighted by molar-refractivity contribution is 0.180. The van der Waals surface area contributed by atoms with Gasteiger partial charge in [0.05, 0.1) is 6.04 Å². The van der Waals surface area contributed by atoms with Crippen LogP contribution in [0.3, 0.4) is 0 Å².